The minimum atomic E-state index is 0.901. The van der Waals surface area contributed by atoms with Crippen LogP contribution < -0.4 is 4.90 Å². The second-order valence-electron chi connectivity index (χ2n) is 5.31. The molecule has 118 valence electrons. The average Bonchev–Trinajstić information content (AvgIpc) is 2.62. The molecule has 0 unspecified atom stereocenters. The Morgan fingerprint density at radius 3 is 2.43 bits per heavy atom. The van der Waals surface area contributed by atoms with Gasteiger partial charge in [-0.05, 0) is 39.7 Å². The number of pyridine rings is 1. The summed E-state index contributed by atoms with van der Waals surface area (Å²) in [6.45, 7) is 3.68. The van der Waals surface area contributed by atoms with Crippen molar-refractivity contribution in [2.75, 3.05) is 31.1 Å². The molecule has 5 heteroatoms. The van der Waals surface area contributed by atoms with Crippen molar-refractivity contribution < 1.29 is 0 Å². The zero-order valence-electron chi connectivity index (χ0n) is 12.8. The van der Waals surface area contributed by atoms with Gasteiger partial charge in [-0.3, -0.25) is 5.01 Å². The summed E-state index contributed by atoms with van der Waals surface area (Å²) in [7, 11) is 0. The summed E-state index contributed by atoms with van der Waals surface area (Å²) in [6, 6.07) is 16.2. The van der Waals surface area contributed by atoms with Gasteiger partial charge in [0.1, 0.15) is 5.82 Å². The molecule has 0 radical (unpaired) electrons. The minimum Gasteiger partial charge on any atom is -0.353 e. The predicted octanol–water partition coefficient (Wildman–Crippen LogP) is 3.63. The van der Waals surface area contributed by atoms with Crippen molar-refractivity contribution in [3.05, 3.63) is 64.8 Å². The van der Waals surface area contributed by atoms with Crippen LogP contribution in [0.3, 0.4) is 0 Å². The molecule has 2 heterocycles. The van der Waals surface area contributed by atoms with Crippen molar-refractivity contribution in [1.82, 2.24) is 9.99 Å². The molecule has 0 amide bonds. The summed E-state index contributed by atoms with van der Waals surface area (Å²) in [5, 5.41) is 6.65. The Bertz CT molecular complexity index is 662. The maximum absolute atomic E-state index is 4.55. The van der Waals surface area contributed by atoms with Gasteiger partial charge < -0.3 is 4.90 Å². The smallest absolute Gasteiger partial charge is 0.128 e. The lowest BCUT2D eigenvalue weighted by atomic mass is 10.2. The second kappa shape index (κ2) is 7.92. The first-order valence-corrected chi connectivity index (χ1v) is 8.48. The Balaban J connectivity index is 1.53. The summed E-state index contributed by atoms with van der Waals surface area (Å²) in [5.41, 5.74) is 1.16. The maximum atomic E-state index is 4.55. The molecule has 0 atom stereocenters. The number of hydrazone groups is 1. The van der Waals surface area contributed by atoms with E-state index in [0.717, 1.165) is 42.0 Å². The highest BCUT2D eigenvalue weighted by Crippen LogP contribution is 2.14. The second-order valence-corrected chi connectivity index (χ2v) is 6.23. The summed E-state index contributed by atoms with van der Waals surface area (Å²) in [5.74, 6) is 1.04. The van der Waals surface area contributed by atoms with Crippen molar-refractivity contribution in [3.8, 4) is 0 Å². The number of nitrogens with zero attached hydrogens (tertiary/aromatic N) is 4. The maximum Gasteiger partial charge on any atom is 0.128 e. The monoisotopic (exact) mass is 370 g/mol. The Morgan fingerprint density at radius 1 is 1.00 bits per heavy atom. The molecule has 0 aliphatic carbocycles. The van der Waals surface area contributed by atoms with Crippen LogP contribution >= 0.6 is 15.9 Å². The molecule has 1 aromatic heterocycles. The third kappa shape index (κ3) is 4.66. The Hall–Kier alpha value is -2.14. The number of halogens is 1. The number of benzene rings is 1. The Labute approximate surface area is 145 Å². The van der Waals surface area contributed by atoms with E-state index in [1.54, 1.807) is 0 Å². The molecule has 0 N–H and O–H groups in total. The summed E-state index contributed by atoms with van der Waals surface area (Å²) >= 11 is 3.55. The fraction of sp³-hybridized carbons (Fsp3) is 0.222. The van der Waals surface area contributed by atoms with Gasteiger partial charge in [0.25, 0.3) is 0 Å². The van der Waals surface area contributed by atoms with Gasteiger partial charge in [0, 0.05) is 23.8 Å². The quantitative estimate of drug-likeness (QED) is 0.770. The Kier molecular flexibility index (Phi) is 5.42. The summed E-state index contributed by atoms with van der Waals surface area (Å²) in [6.07, 6.45) is 5.77. The van der Waals surface area contributed by atoms with Gasteiger partial charge in [-0.15, -0.1) is 0 Å². The van der Waals surface area contributed by atoms with E-state index in [1.807, 2.05) is 42.7 Å². The molecule has 0 saturated carbocycles. The largest absolute Gasteiger partial charge is 0.353 e. The molecule has 0 spiro atoms. The van der Waals surface area contributed by atoms with Crippen LogP contribution in [0.25, 0.3) is 6.08 Å². The minimum absolute atomic E-state index is 0.901. The number of piperazine rings is 1. The van der Waals surface area contributed by atoms with Crippen LogP contribution in [-0.2, 0) is 0 Å². The van der Waals surface area contributed by atoms with Crippen molar-refractivity contribution >= 4 is 34.0 Å². The number of allylic oxidation sites excluding steroid dienone is 1. The van der Waals surface area contributed by atoms with Gasteiger partial charge in [-0.25, -0.2) is 4.98 Å². The predicted molar refractivity (Wildman–Crippen MR) is 99.9 cm³/mol. The van der Waals surface area contributed by atoms with Gasteiger partial charge in [0.05, 0.1) is 19.3 Å². The van der Waals surface area contributed by atoms with Crippen molar-refractivity contribution in [2.24, 2.45) is 5.10 Å². The first-order valence-electron chi connectivity index (χ1n) is 7.68. The average molecular weight is 371 g/mol. The SMILES string of the molecule is BrC(C=NN1CCN(c2ccccn2)CC1)=Cc1ccccc1. The van der Waals surface area contributed by atoms with Gasteiger partial charge >= 0.3 is 0 Å². The molecule has 0 bridgehead atoms. The van der Waals surface area contributed by atoms with E-state index in [2.05, 4.69) is 60.2 Å². The van der Waals surface area contributed by atoms with E-state index < -0.39 is 0 Å². The molecule has 1 aromatic carbocycles. The molecule has 1 aliphatic rings. The molecule has 1 aliphatic heterocycles. The van der Waals surface area contributed by atoms with E-state index in [0.29, 0.717) is 0 Å². The van der Waals surface area contributed by atoms with Crippen LogP contribution in [-0.4, -0.2) is 42.4 Å². The Morgan fingerprint density at radius 2 is 1.74 bits per heavy atom. The van der Waals surface area contributed by atoms with Gasteiger partial charge in [0.2, 0.25) is 0 Å². The van der Waals surface area contributed by atoms with Crippen molar-refractivity contribution in [1.29, 1.82) is 0 Å². The number of anilines is 1. The lowest BCUT2D eigenvalue weighted by Gasteiger charge is -2.33. The van der Waals surface area contributed by atoms with Crippen LogP contribution in [0.4, 0.5) is 5.82 Å². The molecule has 3 rings (SSSR count). The van der Waals surface area contributed by atoms with Crippen LogP contribution in [0.15, 0.2) is 64.3 Å². The molecular weight excluding hydrogens is 352 g/mol. The zero-order valence-corrected chi connectivity index (χ0v) is 14.4. The highest BCUT2D eigenvalue weighted by molar-refractivity contribution is 9.12. The topological polar surface area (TPSA) is 31.7 Å². The van der Waals surface area contributed by atoms with Gasteiger partial charge in [-0.2, -0.15) is 5.10 Å². The number of rotatable bonds is 4. The van der Waals surface area contributed by atoms with Gasteiger partial charge in [0.15, 0.2) is 0 Å². The van der Waals surface area contributed by atoms with E-state index in [4.69, 9.17) is 0 Å². The third-order valence-electron chi connectivity index (χ3n) is 3.68. The van der Waals surface area contributed by atoms with Crippen LogP contribution in [0.2, 0.25) is 0 Å². The summed E-state index contributed by atoms with van der Waals surface area (Å²) < 4.78 is 0.968. The van der Waals surface area contributed by atoms with Crippen molar-refractivity contribution in [2.45, 2.75) is 0 Å². The molecular formula is C18H19BrN4. The van der Waals surface area contributed by atoms with Crippen molar-refractivity contribution in [3.63, 3.8) is 0 Å². The molecule has 23 heavy (non-hydrogen) atoms. The normalized spacial score (nSPS) is 16.1. The molecule has 1 saturated heterocycles. The highest BCUT2D eigenvalue weighted by Gasteiger charge is 2.16. The summed E-state index contributed by atoms with van der Waals surface area (Å²) in [4.78, 5) is 6.69. The van der Waals surface area contributed by atoms with Crippen LogP contribution in [0, 0.1) is 0 Å². The van der Waals surface area contributed by atoms with E-state index in [9.17, 15) is 0 Å². The van der Waals surface area contributed by atoms with E-state index in [1.165, 1.54) is 0 Å². The molecule has 4 nitrogen and oxygen atoms in total. The van der Waals surface area contributed by atoms with E-state index in [-0.39, 0.29) is 0 Å². The number of aromatic nitrogens is 1. The zero-order chi connectivity index (χ0) is 15.9. The van der Waals surface area contributed by atoms with E-state index >= 15 is 0 Å². The van der Waals surface area contributed by atoms with Crippen LogP contribution in [0.5, 0.6) is 0 Å². The fourth-order valence-corrected chi connectivity index (χ4v) is 2.82. The lowest BCUT2D eigenvalue weighted by molar-refractivity contribution is 0.271. The first-order chi connectivity index (χ1) is 11.3. The van der Waals surface area contributed by atoms with Crippen LogP contribution in [0.1, 0.15) is 5.56 Å². The first kappa shape index (κ1) is 15.7. The third-order valence-corrected chi connectivity index (χ3v) is 4.11. The fourth-order valence-electron chi connectivity index (χ4n) is 2.46. The lowest BCUT2D eigenvalue weighted by Crippen LogP contribution is -2.44. The standard InChI is InChI=1S/C18H19BrN4/c19-17(14-16-6-2-1-3-7-16)15-21-23-12-10-22(11-13-23)18-8-4-5-9-20-18/h1-9,14-15H,10-13H2. The van der Waals surface area contributed by atoms with Gasteiger partial charge in [-0.1, -0.05) is 36.4 Å². The highest BCUT2D eigenvalue weighted by atomic mass is 79.9. The number of hydrogen-bond donors (Lipinski definition) is 0. The molecule has 1 fully saturated rings. The molecule has 2 aromatic rings. The number of hydrogen-bond acceptors (Lipinski definition) is 4.